The number of halogens is 3. The van der Waals surface area contributed by atoms with Gasteiger partial charge in [-0.05, 0) is 25.0 Å². The molecule has 2 heterocycles. The first kappa shape index (κ1) is 16.1. The molecule has 0 atom stereocenters. The first-order valence-corrected chi connectivity index (χ1v) is 8.02. The van der Waals surface area contributed by atoms with Gasteiger partial charge >= 0.3 is 6.18 Å². The number of nitrogens with zero attached hydrogens (tertiary/aromatic N) is 3. The van der Waals surface area contributed by atoms with Crippen molar-refractivity contribution >= 4 is 11.7 Å². The van der Waals surface area contributed by atoms with Crippen LogP contribution in [-0.2, 0) is 11.0 Å². The van der Waals surface area contributed by atoms with Gasteiger partial charge in [-0.15, -0.1) is 0 Å². The Morgan fingerprint density at radius 1 is 1.13 bits per heavy atom. The SMILES string of the molecule is O=C(C1CCCC1)N1CCN(c2cc(C(F)(F)F)ccn2)CC1. The molecule has 0 N–H and O–H groups in total. The van der Waals surface area contributed by atoms with Gasteiger partial charge in [0.15, 0.2) is 0 Å². The van der Waals surface area contributed by atoms with E-state index in [0.717, 1.165) is 37.8 Å². The van der Waals surface area contributed by atoms with Crippen LogP contribution in [0.1, 0.15) is 31.2 Å². The van der Waals surface area contributed by atoms with Crippen molar-refractivity contribution in [1.29, 1.82) is 0 Å². The minimum absolute atomic E-state index is 0.147. The van der Waals surface area contributed by atoms with Crippen molar-refractivity contribution in [2.24, 2.45) is 5.92 Å². The average molecular weight is 327 g/mol. The van der Waals surface area contributed by atoms with E-state index >= 15 is 0 Å². The standard InChI is InChI=1S/C16H20F3N3O/c17-16(18,19)13-5-6-20-14(11-13)21-7-9-22(10-8-21)15(23)12-3-1-2-4-12/h5-6,11-12H,1-4,7-10H2. The van der Waals surface area contributed by atoms with Gasteiger partial charge in [-0.1, -0.05) is 12.8 Å². The van der Waals surface area contributed by atoms with Crippen LogP contribution < -0.4 is 4.90 Å². The molecule has 0 spiro atoms. The van der Waals surface area contributed by atoms with E-state index in [1.54, 1.807) is 0 Å². The zero-order chi connectivity index (χ0) is 16.4. The van der Waals surface area contributed by atoms with Crippen molar-refractivity contribution in [3.05, 3.63) is 23.9 Å². The molecule has 4 nitrogen and oxygen atoms in total. The summed E-state index contributed by atoms with van der Waals surface area (Å²) in [6, 6.07) is 2.05. The van der Waals surface area contributed by atoms with Gasteiger partial charge in [0.25, 0.3) is 0 Å². The number of piperazine rings is 1. The minimum atomic E-state index is -4.36. The highest BCUT2D eigenvalue weighted by atomic mass is 19.4. The second kappa shape index (κ2) is 6.37. The van der Waals surface area contributed by atoms with E-state index < -0.39 is 11.7 Å². The number of anilines is 1. The Kier molecular flexibility index (Phi) is 4.46. The van der Waals surface area contributed by atoms with Crippen molar-refractivity contribution in [1.82, 2.24) is 9.88 Å². The topological polar surface area (TPSA) is 36.4 Å². The summed E-state index contributed by atoms with van der Waals surface area (Å²) < 4.78 is 38.3. The van der Waals surface area contributed by atoms with Crippen molar-refractivity contribution in [3.63, 3.8) is 0 Å². The smallest absolute Gasteiger partial charge is 0.353 e. The summed E-state index contributed by atoms with van der Waals surface area (Å²) in [4.78, 5) is 20.1. The van der Waals surface area contributed by atoms with Crippen LogP contribution in [0.25, 0.3) is 0 Å². The maximum Gasteiger partial charge on any atom is 0.416 e. The van der Waals surface area contributed by atoms with Crippen LogP contribution in [-0.4, -0.2) is 42.0 Å². The van der Waals surface area contributed by atoms with Crippen LogP contribution in [0.5, 0.6) is 0 Å². The summed E-state index contributed by atoms with van der Waals surface area (Å²) in [7, 11) is 0. The first-order valence-electron chi connectivity index (χ1n) is 8.02. The summed E-state index contributed by atoms with van der Waals surface area (Å²) in [5.74, 6) is 0.681. The maximum atomic E-state index is 12.8. The van der Waals surface area contributed by atoms with Crippen molar-refractivity contribution in [3.8, 4) is 0 Å². The van der Waals surface area contributed by atoms with E-state index in [2.05, 4.69) is 4.98 Å². The quantitative estimate of drug-likeness (QED) is 0.838. The lowest BCUT2D eigenvalue weighted by Gasteiger charge is -2.36. The molecule has 1 amide bonds. The third kappa shape index (κ3) is 3.59. The monoisotopic (exact) mass is 327 g/mol. The Labute approximate surface area is 133 Å². The Morgan fingerprint density at radius 2 is 1.78 bits per heavy atom. The highest BCUT2D eigenvalue weighted by Crippen LogP contribution is 2.31. The molecule has 2 fully saturated rings. The number of aromatic nitrogens is 1. The van der Waals surface area contributed by atoms with E-state index in [1.807, 2.05) is 9.80 Å². The van der Waals surface area contributed by atoms with Gasteiger partial charge in [-0.2, -0.15) is 13.2 Å². The van der Waals surface area contributed by atoms with E-state index in [1.165, 1.54) is 6.20 Å². The number of carbonyl (C=O) groups excluding carboxylic acids is 1. The van der Waals surface area contributed by atoms with Gasteiger partial charge in [-0.3, -0.25) is 4.79 Å². The van der Waals surface area contributed by atoms with Gasteiger partial charge < -0.3 is 9.80 Å². The van der Waals surface area contributed by atoms with Crippen LogP contribution in [0.3, 0.4) is 0 Å². The lowest BCUT2D eigenvalue weighted by Crippen LogP contribution is -2.50. The van der Waals surface area contributed by atoms with Crippen LogP contribution in [0.15, 0.2) is 18.3 Å². The molecule has 23 heavy (non-hydrogen) atoms. The second-order valence-electron chi connectivity index (χ2n) is 6.19. The molecule has 3 rings (SSSR count). The van der Waals surface area contributed by atoms with Crippen molar-refractivity contribution in [2.75, 3.05) is 31.1 Å². The van der Waals surface area contributed by atoms with Gasteiger partial charge in [0.2, 0.25) is 5.91 Å². The fraction of sp³-hybridized carbons (Fsp3) is 0.625. The number of carbonyl (C=O) groups is 1. The lowest BCUT2D eigenvalue weighted by atomic mass is 10.1. The lowest BCUT2D eigenvalue weighted by molar-refractivity contribution is -0.137. The van der Waals surface area contributed by atoms with Gasteiger partial charge in [-0.25, -0.2) is 4.98 Å². The van der Waals surface area contributed by atoms with Crippen molar-refractivity contribution in [2.45, 2.75) is 31.9 Å². The minimum Gasteiger partial charge on any atom is -0.353 e. The summed E-state index contributed by atoms with van der Waals surface area (Å²) in [5.41, 5.74) is -0.688. The van der Waals surface area contributed by atoms with Gasteiger partial charge in [0.1, 0.15) is 5.82 Å². The third-order valence-corrected chi connectivity index (χ3v) is 4.69. The highest BCUT2D eigenvalue weighted by Gasteiger charge is 2.32. The summed E-state index contributed by atoms with van der Waals surface area (Å²) in [5, 5.41) is 0. The zero-order valence-electron chi connectivity index (χ0n) is 12.9. The van der Waals surface area contributed by atoms with E-state index in [4.69, 9.17) is 0 Å². The maximum absolute atomic E-state index is 12.8. The normalized spacial score (nSPS) is 20.1. The molecule has 1 saturated heterocycles. The largest absolute Gasteiger partial charge is 0.416 e. The summed E-state index contributed by atoms with van der Waals surface area (Å²) in [6.45, 7) is 2.14. The molecule has 1 aromatic rings. The van der Waals surface area contributed by atoms with Gasteiger partial charge in [0, 0.05) is 38.3 Å². The molecular formula is C16H20F3N3O. The molecule has 1 aliphatic carbocycles. The number of rotatable bonds is 2. The number of amides is 1. The molecule has 1 saturated carbocycles. The van der Waals surface area contributed by atoms with Crippen LogP contribution in [0.4, 0.5) is 19.0 Å². The molecule has 0 unspecified atom stereocenters. The van der Waals surface area contributed by atoms with E-state index in [-0.39, 0.29) is 11.8 Å². The first-order chi connectivity index (χ1) is 10.9. The Morgan fingerprint density at radius 3 is 2.39 bits per heavy atom. The highest BCUT2D eigenvalue weighted by molar-refractivity contribution is 5.79. The zero-order valence-corrected chi connectivity index (χ0v) is 12.9. The summed E-state index contributed by atoms with van der Waals surface area (Å²) in [6.07, 6.45) is 0.990. The molecule has 0 bridgehead atoms. The van der Waals surface area contributed by atoms with E-state index in [9.17, 15) is 18.0 Å². The number of hydrogen-bond donors (Lipinski definition) is 0. The fourth-order valence-corrected chi connectivity index (χ4v) is 3.35. The molecule has 126 valence electrons. The fourth-order valence-electron chi connectivity index (χ4n) is 3.35. The predicted octanol–water partition coefficient (Wildman–Crippen LogP) is 2.94. The molecule has 2 aliphatic rings. The summed E-state index contributed by atoms with van der Waals surface area (Å²) >= 11 is 0. The number of pyridine rings is 1. The van der Waals surface area contributed by atoms with E-state index in [0.29, 0.717) is 32.0 Å². The second-order valence-corrected chi connectivity index (χ2v) is 6.19. The third-order valence-electron chi connectivity index (χ3n) is 4.69. The molecular weight excluding hydrogens is 307 g/mol. The van der Waals surface area contributed by atoms with Crippen LogP contribution in [0, 0.1) is 5.92 Å². The molecule has 0 radical (unpaired) electrons. The van der Waals surface area contributed by atoms with Crippen LogP contribution >= 0.6 is 0 Å². The predicted molar refractivity (Wildman–Crippen MR) is 80.0 cm³/mol. The Hall–Kier alpha value is -1.79. The Bertz CT molecular complexity index is 562. The molecule has 1 aliphatic heterocycles. The van der Waals surface area contributed by atoms with Crippen molar-refractivity contribution < 1.29 is 18.0 Å². The number of alkyl halides is 3. The molecule has 0 aromatic carbocycles. The Balaban J connectivity index is 1.61. The average Bonchev–Trinajstić information content (AvgIpc) is 3.08. The molecule has 1 aromatic heterocycles. The molecule has 7 heteroatoms. The van der Waals surface area contributed by atoms with Crippen LogP contribution in [0.2, 0.25) is 0 Å². The number of hydrogen-bond acceptors (Lipinski definition) is 3. The van der Waals surface area contributed by atoms with Gasteiger partial charge in [0.05, 0.1) is 5.56 Å².